The number of benzene rings is 3. The third-order valence-electron chi connectivity index (χ3n) is 4.62. The van der Waals surface area contributed by atoms with E-state index in [0.717, 1.165) is 10.8 Å². The van der Waals surface area contributed by atoms with E-state index < -0.39 is 18.0 Å². The first-order valence-electron chi connectivity index (χ1n) is 9.79. The topological polar surface area (TPSA) is 77.5 Å². The molecular formula is C25H20N2O4. The number of ether oxygens (including phenoxy) is 2. The second-order valence-corrected chi connectivity index (χ2v) is 6.87. The van der Waals surface area contributed by atoms with Crippen molar-refractivity contribution >= 4 is 28.3 Å². The summed E-state index contributed by atoms with van der Waals surface area (Å²) in [6.07, 6.45) is 0.508. The molecule has 6 nitrogen and oxygen atoms in total. The van der Waals surface area contributed by atoms with Gasteiger partial charge in [-0.25, -0.2) is 9.78 Å². The van der Waals surface area contributed by atoms with Gasteiger partial charge in [0, 0.05) is 11.9 Å². The van der Waals surface area contributed by atoms with Crippen LogP contribution in [-0.2, 0) is 9.53 Å². The maximum atomic E-state index is 12.7. The zero-order valence-corrected chi connectivity index (χ0v) is 16.8. The number of anilines is 1. The summed E-state index contributed by atoms with van der Waals surface area (Å²) in [5.74, 6) is -0.476. The van der Waals surface area contributed by atoms with Gasteiger partial charge in [-0.15, -0.1) is 0 Å². The van der Waals surface area contributed by atoms with Crippen molar-refractivity contribution in [1.82, 2.24) is 4.98 Å². The number of fused-ring (bicyclic) bond motifs is 1. The minimum atomic E-state index is -1.01. The Morgan fingerprint density at radius 1 is 0.871 bits per heavy atom. The fourth-order valence-electron chi connectivity index (χ4n) is 3.02. The zero-order valence-electron chi connectivity index (χ0n) is 16.8. The van der Waals surface area contributed by atoms with Crippen molar-refractivity contribution in [3.05, 3.63) is 96.7 Å². The Morgan fingerprint density at radius 2 is 1.61 bits per heavy atom. The van der Waals surface area contributed by atoms with E-state index in [1.54, 1.807) is 24.3 Å². The first-order valence-corrected chi connectivity index (χ1v) is 9.79. The van der Waals surface area contributed by atoms with E-state index in [1.807, 2.05) is 60.7 Å². The predicted octanol–water partition coefficient (Wildman–Crippen LogP) is 5.21. The summed E-state index contributed by atoms with van der Waals surface area (Å²) in [4.78, 5) is 29.4. The molecule has 154 valence electrons. The monoisotopic (exact) mass is 412 g/mol. The molecule has 0 fully saturated rings. The van der Waals surface area contributed by atoms with E-state index in [0.29, 0.717) is 11.4 Å². The lowest BCUT2D eigenvalue weighted by Gasteiger charge is -2.15. The van der Waals surface area contributed by atoms with Crippen molar-refractivity contribution in [3.8, 4) is 11.6 Å². The largest absolute Gasteiger partial charge is 0.449 e. The van der Waals surface area contributed by atoms with Crippen LogP contribution in [0.3, 0.4) is 0 Å². The van der Waals surface area contributed by atoms with Gasteiger partial charge in [-0.3, -0.25) is 4.79 Å². The molecule has 0 aliphatic rings. The second kappa shape index (κ2) is 9.09. The van der Waals surface area contributed by atoms with Gasteiger partial charge in [-0.1, -0.05) is 48.5 Å². The summed E-state index contributed by atoms with van der Waals surface area (Å²) >= 11 is 0. The number of hydrogen-bond acceptors (Lipinski definition) is 5. The normalized spacial score (nSPS) is 11.5. The Bertz CT molecular complexity index is 1220. The fourth-order valence-corrected chi connectivity index (χ4v) is 3.02. The van der Waals surface area contributed by atoms with Crippen LogP contribution >= 0.6 is 0 Å². The Hall–Kier alpha value is -4.19. The quantitative estimate of drug-likeness (QED) is 0.440. The van der Waals surface area contributed by atoms with E-state index in [9.17, 15) is 9.59 Å². The first kappa shape index (κ1) is 20.1. The molecule has 0 saturated carbocycles. The van der Waals surface area contributed by atoms with Crippen LogP contribution in [0.25, 0.3) is 10.8 Å². The van der Waals surface area contributed by atoms with Gasteiger partial charge in [0.05, 0.1) is 0 Å². The van der Waals surface area contributed by atoms with Crippen molar-refractivity contribution < 1.29 is 19.1 Å². The summed E-state index contributed by atoms with van der Waals surface area (Å²) in [6.45, 7) is 1.52. The Morgan fingerprint density at radius 3 is 2.42 bits per heavy atom. The minimum Gasteiger partial charge on any atom is -0.449 e. The highest BCUT2D eigenvalue weighted by Gasteiger charge is 2.22. The van der Waals surface area contributed by atoms with Crippen molar-refractivity contribution in [1.29, 1.82) is 0 Å². The maximum absolute atomic E-state index is 12.7. The number of para-hydroxylation sites is 1. The molecule has 0 spiro atoms. The molecule has 3 aromatic carbocycles. The number of pyridine rings is 1. The summed E-state index contributed by atoms with van der Waals surface area (Å²) in [7, 11) is 0. The molecule has 1 atom stereocenters. The van der Waals surface area contributed by atoms with Crippen LogP contribution in [0.5, 0.6) is 11.6 Å². The number of carbonyl (C=O) groups is 2. The van der Waals surface area contributed by atoms with E-state index in [1.165, 1.54) is 13.1 Å². The number of esters is 1. The van der Waals surface area contributed by atoms with Gasteiger partial charge in [0.1, 0.15) is 11.3 Å². The molecule has 1 aromatic heterocycles. The molecule has 1 heterocycles. The summed E-state index contributed by atoms with van der Waals surface area (Å²) in [6, 6.07) is 25.6. The van der Waals surface area contributed by atoms with Crippen molar-refractivity contribution in [2.24, 2.45) is 0 Å². The van der Waals surface area contributed by atoms with Gasteiger partial charge in [-0.2, -0.15) is 0 Å². The highest BCUT2D eigenvalue weighted by molar-refractivity contribution is 5.99. The molecule has 6 heteroatoms. The fraction of sp³-hybridized carbons (Fsp3) is 0.0800. The first-order chi connectivity index (χ1) is 15.1. The van der Waals surface area contributed by atoms with E-state index in [-0.39, 0.29) is 11.4 Å². The molecular weight excluding hydrogens is 392 g/mol. The van der Waals surface area contributed by atoms with Crippen LogP contribution < -0.4 is 10.1 Å². The summed E-state index contributed by atoms with van der Waals surface area (Å²) < 4.78 is 11.1. The third-order valence-corrected chi connectivity index (χ3v) is 4.62. The SMILES string of the molecule is CC(OC(=O)c1cccnc1Oc1ccccc1)C(=O)Nc1ccc2ccccc2c1. The number of nitrogens with zero attached hydrogens (tertiary/aromatic N) is 1. The van der Waals surface area contributed by atoms with Gasteiger partial charge in [0.25, 0.3) is 5.91 Å². The lowest BCUT2D eigenvalue weighted by atomic mass is 10.1. The Kier molecular flexibility index (Phi) is 5.89. The van der Waals surface area contributed by atoms with Crippen LogP contribution in [0.15, 0.2) is 91.1 Å². The Balaban J connectivity index is 1.43. The lowest BCUT2D eigenvalue weighted by Crippen LogP contribution is -2.30. The standard InChI is InChI=1S/C25H20N2O4/c1-17(23(28)27-20-14-13-18-8-5-6-9-19(18)16-20)30-25(29)22-12-7-15-26-24(22)31-21-10-3-2-4-11-21/h2-17H,1H3,(H,27,28). The number of nitrogens with one attached hydrogen (secondary N) is 1. The molecule has 1 unspecified atom stereocenters. The average Bonchev–Trinajstić information content (AvgIpc) is 2.80. The summed E-state index contributed by atoms with van der Waals surface area (Å²) in [5.41, 5.74) is 0.762. The van der Waals surface area contributed by atoms with Crippen LogP contribution in [0, 0.1) is 0 Å². The van der Waals surface area contributed by atoms with Crippen molar-refractivity contribution in [3.63, 3.8) is 0 Å². The number of aromatic nitrogens is 1. The molecule has 0 saturated heterocycles. The van der Waals surface area contributed by atoms with Gasteiger partial charge < -0.3 is 14.8 Å². The molecule has 4 rings (SSSR count). The highest BCUT2D eigenvalue weighted by Crippen LogP contribution is 2.24. The molecule has 4 aromatic rings. The smallest absolute Gasteiger partial charge is 0.344 e. The highest BCUT2D eigenvalue weighted by atomic mass is 16.6. The molecule has 0 aliphatic heterocycles. The van der Waals surface area contributed by atoms with E-state index >= 15 is 0 Å². The molecule has 0 bridgehead atoms. The lowest BCUT2D eigenvalue weighted by molar-refractivity contribution is -0.123. The van der Waals surface area contributed by atoms with Gasteiger partial charge in [0.15, 0.2) is 6.10 Å². The van der Waals surface area contributed by atoms with Crippen LogP contribution in [-0.4, -0.2) is 23.0 Å². The molecule has 31 heavy (non-hydrogen) atoms. The number of carbonyl (C=O) groups excluding carboxylic acids is 2. The summed E-state index contributed by atoms with van der Waals surface area (Å²) in [5, 5.41) is 4.86. The second-order valence-electron chi connectivity index (χ2n) is 6.87. The maximum Gasteiger partial charge on any atom is 0.344 e. The number of hydrogen-bond donors (Lipinski definition) is 1. The molecule has 0 radical (unpaired) electrons. The van der Waals surface area contributed by atoms with Crippen LogP contribution in [0.1, 0.15) is 17.3 Å². The Labute approximate surface area is 179 Å². The van der Waals surface area contributed by atoms with Gasteiger partial charge >= 0.3 is 5.97 Å². The van der Waals surface area contributed by atoms with Crippen molar-refractivity contribution in [2.45, 2.75) is 13.0 Å². The molecule has 0 aliphatic carbocycles. The van der Waals surface area contributed by atoms with Crippen LogP contribution in [0.4, 0.5) is 5.69 Å². The molecule has 1 amide bonds. The number of amides is 1. The molecule has 1 N–H and O–H groups in total. The minimum absolute atomic E-state index is 0.112. The number of rotatable bonds is 6. The predicted molar refractivity (Wildman–Crippen MR) is 118 cm³/mol. The van der Waals surface area contributed by atoms with E-state index in [2.05, 4.69) is 10.3 Å². The van der Waals surface area contributed by atoms with Gasteiger partial charge in [-0.05, 0) is 54.1 Å². The van der Waals surface area contributed by atoms with Gasteiger partial charge in [0.2, 0.25) is 5.88 Å². The van der Waals surface area contributed by atoms with Crippen molar-refractivity contribution in [2.75, 3.05) is 5.32 Å². The third kappa shape index (κ3) is 4.87. The van der Waals surface area contributed by atoms with Crippen LogP contribution in [0.2, 0.25) is 0 Å². The zero-order chi connectivity index (χ0) is 21.6. The average molecular weight is 412 g/mol. The van der Waals surface area contributed by atoms with E-state index in [4.69, 9.17) is 9.47 Å².